The predicted molar refractivity (Wildman–Crippen MR) is 75.4 cm³/mol. The Morgan fingerprint density at radius 2 is 1.84 bits per heavy atom. The molecule has 19 heavy (non-hydrogen) atoms. The van der Waals surface area contributed by atoms with E-state index in [1.165, 1.54) is 0 Å². The molecule has 0 N–H and O–H groups in total. The second-order valence-electron chi connectivity index (χ2n) is 6.11. The minimum atomic E-state index is 0.0611. The maximum absolute atomic E-state index is 12.1. The highest BCUT2D eigenvalue weighted by Gasteiger charge is 2.34. The molecule has 0 amide bonds. The fourth-order valence-electron chi connectivity index (χ4n) is 2.84. The molecular weight excluding hydrogens is 236 g/mol. The van der Waals surface area contributed by atoms with Crippen molar-refractivity contribution in [1.82, 2.24) is 0 Å². The van der Waals surface area contributed by atoms with Gasteiger partial charge in [0.25, 0.3) is 0 Å². The standard InChI is InChI=1S/C17H18O2/c1-17(2)9-13-8-16(12-6-4-3-5-7-12)19-11-14(13)15(18)10-17/h3-8H,9-11H2,1-2H3. The monoisotopic (exact) mass is 254 g/mol. The van der Waals surface area contributed by atoms with Crippen molar-refractivity contribution in [3.8, 4) is 0 Å². The van der Waals surface area contributed by atoms with Gasteiger partial charge in [-0.2, -0.15) is 0 Å². The minimum Gasteiger partial charge on any atom is -0.488 e. The fraction of sp³-hybridized carbons (Fsp3) is 0.353. The Balaban J connectivity index is 1.99. The Labute approximate surface area is 113 Å². The number of benzene rings is 1. The third kappa shape index (κ3) is 2.35. The van der Waals surface area contributed by atoms with Crippen LogP contribution in [0.15, 0.2) is 47.6 Å². The van der Waals surface area contributed by atoms with Crippen molar-refractivity contribution in [2.75, 3.05) is 6.61 Å². The van der Waals surface area contributed by atoms with Crippen LogP contribution < -0.4 is 0 Å². The first kappa shape index (κ1) is 12.2. The van der Waals surface area contributed by atoms with Gasteiger partial charge in [-0.1, -0.05) is 44.2 Å². The number of allylic oxidation sites excluding steroid dienone is 2. The molecule has 2 aliphatic rings. The van der Waals surface area contributed by atoms with Crippen LogP contribution >= 0.6 is 0 Å². The third-order valence-corrected chi connectivity index (χ3v) is 3.77. The number of hydrogen-bond donors (Lipinski definition) is 0. The van der Waals surface area contributed by atoms with Crippen LogP contribution in [0, 0.1) is 5.41 Å². The summed E-state index contributed by atoms with van der Waals surface area (Å²) >= 11 is 0. The Bertz CT molecular complexity index is 577. The first-order chi connectivity index (χ1) is 9.05. The quantitative estimate of drug-likeness (QED) is 0.763. The second-order valence-corrected chi connectivity index (χ2v) is 6.11. The van der Waals surface area contributed by atoms with Crippen LogP contribution in [0.1, 0.15) is 32.3 Å². The molecule has 0 saturated heterocycles. The van der Waals surface area contributed by atoms with E-state index in [1.54, 1.807) is 0 Å². The zero-order chi connectivity index (χ0) is 13.5. The molecule has 2 heteroatoms. The van der Waals surface area contributed by atoms with Crippen molar-refractivity contribution < 1.29 is 9.53 Å². The van der Waals surface area contributed by atoms with Crippen LogP contribution in [-0.4, -0.2) is 12.4 Å². The topological polar surface area (TPSA) is 26.3 Å². The average molecular weight is 254 g/mol. The Morgan fingerprint density at radius 1 is 1.11 bits per heavy atom. The van der Waals surface area contributed by atoms with Crippen LogP contribution in [0.3, 0.4) is 0 Å². The Kier molecular flexibility index (Phi) is 2.81. The highest BCUT2D eigenvalue weighted by molar-refractivity contribution is 5.99. The lowest BCUT2D eigenvalue weighted by molar-refractivity contribution is -0.118. The van der Waals surface area contributed by atoms with Crippen LogP contribution in [0.25, 0.3) is 5.76 Å². The van der Waals surface area contributed by atoms with Crippen molar-refractivity contribution in [2.24, 2.45) is 5.41 Å². The molecule has 1 aliphatic carbocycles. The summed E-state index contributed by atoms with van der Waals surface area (Å²) in [5, 5.41) is 0. The number of ether oxygens (including phenoxy) is 1. The normalized spacial score (nSPS) is 21.6. The van der Waals surface area contributed by atoms with Crippen LogP contribution in [-0.2, 0) is 9.53 Å². The zero-order valence-corrected chi connectivity index (χ0v) is 11.4. The van der Waals surface area contributed by atoms with Crippen LogP contribution in [0.4, 0.5) is 0 Å². The molecule has 0 radical (unpaired) electrons. The lowest BCUT2D eigenvalue weighted by atomic mass is 9.73. The molecule has 2 nitrogen and oxygen atoms in total. The summed E-state index contributed by atoms with van der Waals surface area (Å²) in [6, 6.07) is 10.1. The van der Waals surface area contributed by atoms with E-state index in [2.05, 4.69) is 13.8 Å². The summed E-state index contributed by atoms with van der Waals surface area (Å²) in [7, 11) is 0. The first-order valence-corrected chi connectivity index (χ1v) is 6.70. The number of ketones is 1. The zero-order valence-electron chi connectivity index (χ0n) is 11.4. The summed E-state index contributed by atoms with van der Waals surface area (Å²) in [4.78, 5) is 12.1. The lowest BCUT2D eigenvalue weighted by Crippen LogP contribution is -2.28. The lowest BCUT2D eigenvalue weighted by Gasteiger charge is -2.33. The largest absolute Gasteiger partial charge is 0.488 e. The number of rotatable bonds is 1. The van der Waals surface area contributed by atoms with Gasteiger partial charge in [-0.15, -0.1) is 0 Å². The van der Waals surface area contributed by atoms with E-state index >= 15 is 0 Å². The molecule has 1 aromatic carbocycles. The molecule has 0 spiro atoms. The molecule has 0 aromatic heterocycles. The van der Waals surface area contributed by atoms with E-state index in [-0.39, 0.29) is 11.2 Å². The molecule has 1 heterocycles. The number of Topliss-reactive ketones (excluding diaryl/α,β-unsaturated/α-hetero) is 1. The van der Waals surface area contributed by atoms with E-state index < -0.39 is 0 Å². The molecule has 1 aromatic rings. The molecular formula is C17H18O2. The van der Waals surface area contributed by atoms with Gasteiger partial charge in [-0.05, 0) is 23.5 Å². The second kappa shape index (κ2) is 4.37. The van der Waals surface area contributed by atoms with Gasteiger partial charge in [0.2, 0.25) is 0 Å². The number of hydrogen-bond acceptors (Lipinski definition) is 2. The van der Waals surface area contributed by atoms with Crippen LogP contribution in [0.5, 0.6) is 0 Å². The van der Waals surface area contributed by atoms with E-state index in [4.69, 9.17) is 4.74 Å². The molecule has 0 fully saturated rings. The molecule has 3 rings (SSSR count). The average Bonchev–Trinajstić information content (AvgIpc) is 2.37. The summed E-state index contributed by atoms with van der Waals surface area (Å²) in [6.07, 6.45) is 3.63. The van der Waals surface area contributed by atoms with E-state index in [0.717, 1.165) is 28.9 Å². The maximum atomic E-state index is 12.1. The molecule has 0 unspecified atom stereocenters. The van der Waals surface area contributed by atoms with Gasteiger partial charge in [-0.3, -0.25) is 4.79 Å². The van der Waals surface area contributed by atoms with E-state index in [9.17, 15) is 4.79 Å². The van der Waals surface area contributed by atoms with Gasteiger partial charge in [0, 0.05) is 17.6 Å². The van der Waals surface area contributed by atoms with Gasteiger partial charge >= 0.3 is 0 Å². The van der Waals surface area contributed by atoms with E-state index in [0.29, 0.717) is 13.0 Å². The molecule has 0 bridgehead atoms. The Hall–Kier alpha value is -1.83. The summed E-state index contributed by atoms with van der Waals surface area (Å²) < 4.78 is 5.75. The van der Waals surface area contributed by atoms with Crippen molar-refractivity contribution in [3.63, 3.8) is 0 Å². The van der Waals surface area contributed by atoms with Crippen LogP contribution in [0.2, 0.25) is 0 Å². The summed E-state index contributed by atoms with van der Waals surface area (Å²) in [5.41, 5.74) is 3.17. The van der Waals surface area contributed by atoms with Gasteiger partial charge < -0.3 is 4.74 Å². The summed E-state index contributed by atoms with van der Waals surface area (Å²) in [5.74, 6) is 1.12. The highest BCUT2D eigenvalue weighted by atomic mass is 16.5. The molecule has 98 valence electrons. The first-order valence-electron chi connectivity index (χ1n) is 6.70. The van der Waals surface area contributed by atoms with Crippen molar-refractivity contribution in [1.29, 1.82) is 0 Å². The predicted octanol–water partition coefficient (Wildman–Crippen LogP) is 3.74. The number of carbonyl (C=O) groups excluding carboxylic acids is 1. The maximum Gasteiger partial charge on any atom is 0.163 e. The minimum absolute atomic E-state index is 0.0611. The van der Waals surface area contributed by atoms with Crippen molar-refractivity contribution >= 4 is 11.5 Å². The van der Waals surface area contributed by atoms with E-state index in [1.807, 2.05) is 36.4 Å². The SMILES string of the molecule is CC1(C)CC(=O)C2=C(C=C(c3ccccc3)OC2)C1. The highest BCUT2D eigenvalue weighted by Crippen LogP contribution is 2.40. The van der Waals surface area contributed by atoms with Gasteiger partial charge in [0.1, 0.15) is 12.4 Å². The fourth-order valence-corrected chi connectivity index (χ4v) is 2.84. The van der Waals surface area contributed by atoms with Gasteiger partial charge in [-0.25, -0.2) is 0 Å². The molecule has 0 saturated carbocycles. The smallest absolute Gasteiger partial charge is 0.163 e. The van der Waals surface area contributed by atoms with Gasteiger partial charge in [0.05, 0.1) is 0 Å². The Morgan fingerprint density at radius 3 is 2.58 bits per heavy atom. The van der Waals surface area contributed by atoms with Crippen molar-refractivity contribution in [3.05, 3.63) is 53.1 Å². The molecule has 0 atom stereocenters. The molecule has 1 aliphatic heterocycles. The summed E-state index contributed by atoms with van der Waals surface area (Å²) in [6.45, 7) is 4.73. The van der Waals surface area contributed by atoms with Crippen molar-refractivity contribution in [2.45, 2.75) is 26.7 Å². The number of carbonyl (C=O) groups is 1. The van der Waals surface area contributed by atoms with Gasteiger partial charge in [0.15, 0.2) is 5.78 Å². The third-order valence-electron chi connectivity index (χ3n) is 3.77.